The average Bonchev–Trinajstić information content (AvgIpc) is 3.11. The second kappa shape index (κ2) is 9.53. The minimum absolute atomic E-state index is 0.0900. The van der Waals surface area contributed by atoms with Crippen LogP contribution < -0.4 is 10.6 Å². The maximum absolute atomic E-state index is 13.6. The SMILES string of the molecule is Cc1c(F)cccc1NC(=O)CSc1nnc([C@@H](C)NC(=O)c2ccccc2)n1C. The van der Waals surface area contributed by atoms with Crippen molar-refractivity contribution >= 4 is 29.3 Å². The molecule has 0 bridgehead atoms. The number of nitrogens with zero attached hydrogens (tertiary/aromatic N) is 3. The van der Waals surface area contributed by atoms with Crippen LogP contribution in [-0.4, -0.2) is 32.3 Å². The fourth-order valence-corrected chi connectivity index (χ4v) is 3.54. The zero-order valence-corrected chi connectivity index (χ0v) is 17.7. The molecule has 3 rings (SSSR count). The Kier molecular flexibility index (Phi) is 6.83. The van der Waals surface area contributed by atoms with Gasteiger partial charge in [-0.2, -0.15) is 0 Å². The lowest BCUT2D eigenvalue weighted by Crippen LogP contribution is -2.28. The Balaban J connectivity index is 1.59. The van der Waals surface area contributed by atoms with Gasteiger partial charge >= 0.3 is 0 Å². The minimum Gasteiger partial charge on any atom is -0.342 e. The molecule has 7 nitrogen and oxygen atoms in total. The van der Waals surface area contributed by atoms with Crippen molar-refractivity contribution in [3.05, 3.63) is 71.3 Å². The molecular formula is C21H22FN5O2S. The summed E-state index contributed by atoms with van der Waals surface area (Å²) in [6, 6.07) is 13.1. The maximum Gasteiger partial charge on any atom is 0.251 e. The van der Waals surface area contributed by atoms with Crippen LogP contribution in [0.15, 0.2) is 53.7 Å². The molecule has 2 N–H and O–H groups in total. The zero-order chi connectivity index (χ0) is 21.7. The van der Waals surface area contributed by atoms with E-state index >= 15 is 0 Å². The van der Waals surface area contributed by atoms with Crippen LogP contribution in [0.25, 0.3) is 0 Å². The largest absolute Gasteiger partial charge is 0.342 e. The van der Waals surface area contributed by atoms with Gasteiger partial charge in [-0.15, -0.1) is 10.2 Å². The van der Waals surface area contributed by atoms with E-state index in [1.54, 1.807) is 54.9 Å². The number of anilines is 1. The van der Waals surface area contributed by atoms with E-state index in [-0.39, 0.29) is 29.4 Å². The molecule has 1 aromatic heterocycles. The highest BCUT2D eigenvalue weighted by molar-refractivity contribution is 7.99. The lowest BCUT2D eigenvalue weighted by molar-refractivity contribution is -0.113. The van der Waals surface area contributed by atoms with Gasteiger partial charge in [-0.3, -0.25) is 9.59 Å². The van der Waals surface area contributed by atoms with E-state index in [9.17, 15) is 14.0 Å². The molecule has 0 aliphatic carbocycles. The predicted molar refractivity (Wildman–Crippen MR) is 114 cm³/mol. The van der Waals surface area contributed by atoms with E-state index in [1.807, 2.05) is 13.0 Å². The Morgan fingerprint density at radius 3 is 2.60 bits per heavy atom. The third-order valence-electron chi connectivity index (χ3n) is 4.51. The summed E-state index contributed by atoms with van der Waals surface area (Å²) in [6.45, 7) is 3.43. The molecule has 0 saturated carbocycles. The number of carbonyl (C=O) groups excluding carboxylic acids is 2. The number of thioether (sulfide) groups is 1. The van der Waals surface area contributed by atoms with Gasteiger partial charge < -0.3 is 15.2 Å². The highest BCUT2D eigenvalue weighted by Gasteiger charge is 2.19. The van der Waals surface area contributed by atoms with Crippen molar-refractivity contribution in [2.45, 2.75) is 25.0 Å². The van der Waals surface area contributed by atoms with E-state index < -0.39 is 0 Å². The molecule has 0 spiro atoms. The second-order valence-electron chi connectivity index (χ2n) is 6.71. The van der Waals surface area contributed by atoms with Crippen LogP contribution in [0.3, 0.4) is 0 Å². The average molecular weight is 428 g/mol. The highest BCUT2D eigenvalue weighted by Crippen LogP contribution is 2.21. The molecule has 3 aromatic rings. The number of hydrogen-bond donors (Lipinski definition) is 2. The highest BCUT2D eigenvalue weighted by atomic mass is 32.2. The van der Waals surface area contributed by atoms with Crippen LogP contribution in [0, 0.1) is 12.7 Å². The number of carbonyl (C=O) groups is 2. The third kappa shape index (κ3) is 5.04. The summed E-state index contributed by atoms with van der Waals surface area (Å²) in [5.41, 5.74) is 1.39. The van der Waals surface area contributed by atoms with E-state index in [1.165, 1.54) is 17.8 Å². The first-order valence-corrected chi connectivity index (χ1v) is 10.3. The Morgan fingerprint density at radius 2 is 1.87 bits per heavy atom. The molecule has 0 radical (unpaired) electrons. The number of aromatic nitrogens is 3. The fraction of sp³-hybridized carbons (Fsp3) is 0.238. The van der Waals surface area contributed by atoms with Crippen LogP contribution in [0.1, 0.15) is 34.7 Å². The van der Waals surface area contributed by atoms with Crippen molar-refractivity contribution < 1.29 is 14.0 Å². The van der Waals surface area contributed by atoms with Crippen molar-refractivity contribution in [3.8, 4) is 0 Å². The van der Waals surface area contributed by atoms with Crippen molar-refractivity contribution in [2.75, 3.05) is 11.1 Å². The summed E-state index contributed by atoms with van der Waals surface area (Å²) < 4.78 is 15.3. The number of hydrogen-bond acceptors (Lipinski definition) is 5. The summed E-state index contributed by atoms with van der Waals surface area (Å²) in [6.07, 6.45) is 0. The van der Waals surface area contributed by atoms with Gasteiger partial charge in [0.25, 0.3) is 5.91 Å². The van der Waals surface area contributed by atoms with Gasteiger partial charge in [-0.1, -0.05) is 36.0 Å². The summed E-state index contributed by atoms with van der Waals surface area (Å²) in [5.74, 6) is -0.186. The number of halogens is 1. The lowest BCUT2D eigenvalue weighted by Gasteiger charge is -2.13. The fourth-order valence-electron chi connectivity index (χ4n) is 2.82. The number of rotatable bonds is 7. The van der Waals surface area contributed by atoms with Crippen molar-refractivity contribution in [1.82, 2.24) is 20.1 Å². The van der Waals surface area contributed by atoms with Crippen LogP contribution in [0.2, 0.25) is 0 Å². The topological polar surface area (TPSA) is 88.9 Å². The zero-order valence-electron chi connectivity index (χ0n) is 16.8. The monoisotopic (exact) mass is 427 g/mol. The standard InChI is InChI=1S/C21H22FN5O2S/c1-13-16(22)10-7-11-17(13)24-18(28)12-30-21-26-25-19(27(21)3)14(2)23-20(29)15-8-5-4-6-9-15/h4-11,14H,12H2,1-3H3,(H,23,29)(H,24,28)/t14-/m1/s1. The summed E-state index contributed by atoms with van der Waals surface area (Å²) in [4.78, 5) is 24.6. The molecule has 2 amide bonds. The molecule has 156 valence electrons. The van der Waals surface area contributed by atoms with Gasteiger partial charge in [0.05, 0.1) is 11.8 Å². The van der Waals surface area contributed by atoms with E-state index in [0.29, 0.717) is 27.8 Å². The van der Waals surface area contributed by atoms with Gasteiger partial charge in [0.15, 0.2) is 11.0 Å². The molecule has 30 heavy (non-hydrogen) atoms. The van der Waals surface area contributed by atoms with Crippen molar-refractivity contribution in [3.63, 3.8) is 0 Å². The van der Waals surface area contributed by atoms with Crippen LogP contribution in [0.5, 0.6) is 0 Å². The Labute approximate surface area is 178 Å². The first-order valence-electron chi connectivity index (χ1n) is 9.29. The first-order chi connectivity index (χ1) is 14.4. The quantitative estimate of drug-likeness (QED) is 0.564. The van der Waals surface area contributed by atoms with E-state index in [0.717, 1.165) is 0 Å². The lowest BCUT2D eigenvalue weighted by atomic mass is 10.2. The van der Waals surface area contributed by atoms with E-state index in [4.69, 9.17) is 0 Å². The summed E-state index contributed by atoms with van der Waals surface area (Å²) in [5, 5.41) is 14.4. The van der Waals surface area contributed by atoms with Gasteiger partial charge in [-0.25, -0.2) is 4.39 Å². The normalized spacial score (nSPS) is 11.7. The van der Waals surface area contributed by atoms with Gasteiger partial charge in [-0.05, 0) is 38.1 Å². The van der Waals surface area contributed by atoms with Gasteiger partial charge in [0.1, 0.15) is 5.82 Å². The number of amides is 2. The molecule has 0 unspecified atom stereocenters. The number of benzene rings is 2. The first kappa shape index (κ1) is 21.5. The number of nitrogens with one attached hydrogen (secondary N) is 2. The van der Waals surface area contributed by atoms with Gasteiger partial charge in [0.2, 0.25) is 5.91 Å². The molecule has 0 fully saturated rings. The van der Waals surface area contributed by atoms with Gasteiger partial charge in [0, 0.05) is 23.9 Å². The maximum atomic E-state index is 13.6. The molecule has 1 heterocycles. The molecule has 1 atom stereocenters. The van der Waals surface area contributed by atoms with Crippen LogP contribution in [-0.2, 0) is 11.8 Å². The molecule has 0 aliphatic rings. The molecule has 0 saturated heterocycles. The Bertz CT molecular complexity index is 1050. The third-order valence-corrected chi connectivity index (χ3v) is 5.53. The molecule has 9 heteroatoms. The molecular weight excluding hydrogens is 405 g/mol. The molecule has 2 aromatic carbocycles. The van der Waals surface area contributed by atoms with E-state index in [2.05, 4.69) is 20.8 Å². The predicted octanol–water partition coefficient (Wildman–Crippen LogP) is 3.48. The Morgan fingerprint density at radius 1 is 1.13 bits per heavy atom. The van der Waals surface area contributed by atoms with Crippen LogP contribution >= 0.6 is 11.8 Å². The van der Waals surface area contributed by atoms with Crippen molar-refractivity contribution in [1.29, 1.82) is 0 Å². The van der Waals surface area contributed by atoms with Crippen LogP contribution in [0.4, 0.5) is 10.1 Å². The Hall–Kier alpha value is -3.20. The second-order valence-corrected chi connectivity index (χ2v) is 7.65. The molecule has 0 aliphatic heterocycles. The smallest absolute Gasteiger partial charge is 0.251 e. The minimum atomic E-state index is -0.370. The van der Waals surface area contributed by atoms with Crippen molar-refractivity contribution in [2.24, 2.45) is 7.05 Å². The summed E-state index contributed by atoms with van der Waals surface area (Å²) >= 11 is 1.21. The summed E-state index contributed by atoms with van der Waals surface area (Å²) in [7, 11) is 1.78.